The second-order valence-corrected chi connectivity index (χ2v) is 10.2. The van der Waals surface area contributed by atoms with Crippen LogP contribution in [0.25, 0.3) is 10.9 Å². The molecule has 1 aromatic heterocycles. The van der Waals surface area contributed by atoms with Gasteiger partial charge in [0.25, 0.3) is 0 Å². The van der Waals surface area contributed by atoms with Gasteiger partial charge in [0, 0.05) is 27.9 Å². The molecule has 5 rings (SSSR count). The van der Waals surface area contributed by atoms with E-state index in [2.05, 4.69) is 26.9 Å². The molecule has 0 radical (unpaired) electrons. The van der Waals surface area contributed by atoms with Crippen LogP contribution in [0.15, 0.2) is 77.3 Å². The van der Waals surface area contributed by atoms with Crippen molar-refractivity contribution in [3.05, 3.63) is 94.0 Å². The Kier molecular flexibility index (Phi) is 6.88. The summed E-state index contributed by atoms with van der Waals surface area (Å²) in [5.74, 6) is 1.34. The molecule has 1 aliphatic rings. The van der Waals surface area contributed by atoms with Gasteiger partial charge in [-0.25, -0.2) is 4.98 Å². The van der Waals surface area contributed by atoms with E-state index in [1.54, 1.807) is 7.11 Å². The van der Waals surface area contributed by atoms with E-state index >= 15 is 0 Å². The standard InChI is InChI=1S/C29H29BrN2O4/c1-32(2)14-13-29(33,21-9-12-25-26(17-21)36-18-35-25)27(19-7-5-4-6-8-19)23-16-20-15-22(30)10-11-24(20)31-28(23)34-3/h4-12,15-17,27,33H,13-14,18H2,1-3H3/t27?,29-/m0/s1. The molecule has 0 fully saturated rings. The molecule has 36 heavy (non-hydrogen) atoms. The first-order valence-corrected chi connectivity index (χ1v) is 12.6. The quantitative estimate of drug-likeness (QED) is 0.304. The van der Waals surface area contributed by atoms with Crippen LogP contribution in [0.3, 0.4) is 0 Å². The summed E-state index contributed by atoms with van der Waals surface area (Å²) >= 11 is 3.58. The molecule has 3 aromatic carbocycles. The van der Waals surface area contributed by atoms with Crippen molar-refractivity contribution in [2.75, 3.05) is 34.5 Å². The van der Waals surface area contributed by atoms with Crippen LogP contribution in [0.1, 0.15) is 29.0 Å². The van der Waals surface area contributed by atoms with Gasteiger partial charge in [-0.15, -0.1) is 0 Å². The summed E-state index contributed by atoms with van der Waals surface area (Å²) in [6, 6.07) is 23.8. The summed E-state index contributed by atoms with van der Waals surface area (Å²) in [6.45, 7) is 0.845. The van der Waals surface area contributed by atoms with Gasteiger partial charge < -0.3 is 24.2 Å². The van der Waals surface area contributed by atoms with Gasteiger partial charge in [0.05, 0.1) is 12.6 Å². The minimum absolute atomic E-state index is 0.175. The monoisotopic (exact) mass is 548 g/mol. The molecular formula is C29H29BrN2O4. The molecule has 1 unspecified atom stereocenters. The molecule has 186 valence electrons. The number of rotatable bonds is 8. The van der Waals surface area contributed by atoms with E-state index in [-0.39, 0.29) is 6.79 Å². The van der Waals surface area contributed by atoms with Gasteiger partial charge in [0.2, 0.25) is 12.7 Å². The summed E-state index contributed by atoms with van der Waals surface area (Å²) in [5, 5.41) is 13.7. The summed E-state index contributed by atoms with van der Waals surface area (Å²) in [4.78, 5) is 6.91. The molecule has 4 aromatic rings. The lowest BCUT2D eigenvalue weighted by Gasteiger charge is -2.39. The van der Waals surface area contributed by atoms with Crippen molar-refractivity contribution < 1.29 is 19.3 Å². The average molecular weight is 549 g/mol. The van der Waals surface area contributed by atoms with Gasteiger partial charge in [-0.1, -0.05) is 52.3 Å². The highest BCUT2D eigenvalue weighted by Gasteiger charge is 2.43. The molecule has 0 spiro atoms. The van der Waals surface area contributed by atoms with Gasteiger partial charge in [-0.05, 0) is 68.0 Å². The highest BCUT2D eigenvalue weighted by molar-refractivity contribution is 9.10. The van der Waals surface area contributed by atoms with Crippen LogP contribution in [0, 0.1) is 0 Å². The second kappa shape index (κ2) is 10.1. The fraction of sp³-hybridized carbons (Fsp3) is 0.276. The van der Waals surface area contributed by atoms with Crippen molar-refractivity contribution in [1.82, 2.24) is 9.88 Å². The number of aliphatic hydroxyl groups is 1. The number of ether oxygens (including phenoxy) is 3. The van der Waals surface area contributed by atoms with Gasteiger partial charge >= 0.3 is 0 Å². The molecular weight excluding hydrogens is 520 g/mol. The molecule has 0 aliphatic carbocycles. The fourth-order valence-electron chi connectivity index (χ4n) is 4.89. The van der Waals surface area contributed by atoms with E-state index in [4.69, 9.17) is 19.2 Å². The average Bonchev–Trinajstić information content (AvgIpc) is 3.36. The minimum atomic E-state index is -1.30. The van der Waals surface area contributed by atoms with Crippen LogP contribution in [-0.4, -0.2) is 49.5 Å². The lowest BCUT2D eigenvalue weighted by atomic mass is 9.71. The van der Waals surface area contributed by atoms with Crippen LogP contribution >= 0.6 is 15.9 Å². The van der Waals surface area contributed by atoms with Crippen LogP contribution < -0.4 is 14.2 Å². The number of fused-ring (bicyclic) bond motifs is 2. The Morgan fingerprint density at radius 2 is 1.81 bits per heavy atom. The lowest BCUT2D eigenvalue weighted by Crippen LogP contribution is -2.37. The third-order valence-electron chi connectivity index (χ3n) is 6.70. The molecule has 7 heteroatoms. The van der Waals surface area contributed by atoms with Crippen molar-refractivity contribution in [3.63, 3.8) is 0 Å². The first kappa shape index (κ1) is 24.6. The van der Waals surface area contributed by atoms with E-state index in [0.29, 0.717) is 30.3 Å². The van der Waals surface area contributed by atoms with Crippen LogP contribution in [0.5, 0.6) is 17.4 Å². The van der Waals surface area contributed by atoms with Crippen molar-refractivity contribution >= 4 is 26.8 Å². The van der Waals surface area contributed by atoms with E-state index in [0.717, 1.165) is 32.1 Å². The highest BCUT2D eigenvalue weighted by atomic mass is 79.9. The SMILES string of the molecule is COc1nc2ccc(Br)cc2cc1C(c1ccccc1)[C@](O)(CCN(C)C)c1ccc2c(c1)OCO2. The third-order valence-corrected chi connectivity index (χ3v) is 7.19. The maximum absolute atomic E-state index is 12.8. The highest BCUT2D eigenvalue weighted by Crippen LogP contribution is 2.49. The summed E-state index contributed by atoms with van der Waals surface area (Å²) in [5.41, 5.74) is 2.05. The first-order valence-electron chi connectivity index (χ1n) is 11.9. The molecule has 0 saturated heterocycles. The molecule has 1 N–H and O–H groups in total. The van der Waals surface area contributed by atoms with Gasteiger partial charge in [0.1, 0.15) is 5.60 Å². The zero-order valence-corrected chi connectivity index (χ0v) is 22.2. The van der Waals surface area contributed by atoms with E-state index < -0.39 is 11.5 Å². The van der Waals surface area contributed by atoms with Crippen LogP contribution in [0.4, 0.5) is 0 Å². The third kappa shape index (κ3) is 4.66. The molecule has 0 bridgehead atoms. The number of hydrogen-bond donors (Lipinski definition) is 1. The maximum Gasteiger partial charge on any atom is 0.231 e. The van der Waals surface area contributed by atoms with Crippen LogP contribution in [0.2, 0.25) is 0 Å². The van der Waals surface area contributed by atoms with Crippen LogP contribution in [-0.2, 0) is 5.60 Å². The molecule has 2 heterocycles. The number of methoxy groups -OCH3 is 1. The Labute approximate surface area is 219 Å². The molecule has 0 amide bonds. The maximum atomic E-state index is 12.8. The number of benzene rings is 3. The summed E-state index contributed by atoms with van der Waals surface area (Å²) < 4.78 is 18.0. The number of halogens is 1. The minimum Gasteiger partial charge on any atom is -0.481 e. The van der Waals surface area contributed by atoms with Crippen molar-refractivity contribution in [2.24, 2.45) is 0 Å². The topological polar surface area (TPSA) is 64.1 Å². The predicted molar refractivity (Wildman–Crippen MR) is 144 cm³/mol. The number of hydrogen-bond acceptors (Lipinski definition) is 6. The number of aromatic nitrogens is 1. The predicted octanol–water partition coefficient (Wildman–Crippen LogP) is 5.71. The zero-order valence-electron chi connectivity index (χ0n) is 20.6. The van der Waals surface area contributed by atoms with Gasteiger partial charge in [0.15, 0.2) is 11.5 Å². The molecule has 2 atom stereocenters. The summed E-state index contributed by atoms with van der Waals surface area (Å²) in [7, 11) is 5.64. The smallest absolute Gasteiger partial charge is 0.231 e. The zero-order chi connectivity index (χ0) is 25.3. The van der Waals surface area contributed by atoms with E-state index in [9.17, 15) is 5.11 Å². The Balaban J connectivity index is 1.77. The largest absolute Gasteiger partial charge is 0.481 e. The lowest BCUT2D eigenvalue weighted by molar-refractivity contribution is 0.00365. The number of nitrogens with zero attached hydrogens (tertiary/aromatic N) is 2. The summed E-state index contributed by atoms with van der Waals surface area (Å²) in [6.07, 6.45) is 0.471. The molecule has 6 nitrogen and oxygen atoms in total. The first-order chi connectivity index (χ1) is 17.4. The van der Waals surface area contributed by atoms with Crippen molar-refractivity contribution in [3.8, 4) is 17.4 Å². The van der Waals surface area contributed by atoms with Crippen molar-refractivity contribution in [2.45, 2.75) is 17.9 Å². The fourth-order valence-corrected chi connectivity index (χ4v) is 5.27. The normalized spacial score (nSPS) is 15.2. The van der Waals surface area contributed by atoms with Gasteiger partial charge in [-0.2, -0.15) is 0 Å². The Bertz CT molecular complexity index is 1380. The molecule has 0 saturated carbocycles. The Morgan fingerprint density at radius 1 is 1.03 bits per heavy atom. The van der Waals surface area contributed by atoms with Crippen molar-refractivity contribution in [1.29, 1.82) is 0 Å². The molecule has 1 aliphatic heterocycles. The second-order valence-electron chi connectivity index (χ2n) is 9.31. The van der Waals surface area contributed by atoms with E-state index in [1.165, 1.54) is 0 Å². The van der Waals surface area contributed by atoms with Gasteiger partial charge in [-0.3, -0.25) is 0 Å². The number of pyridine rings is 1. The Morgan fingerprint density at radius 3 is 2.56 bits per heavy atom. The Hall–Kier alpha value is -3.13. The van der Waals surface area contributed by atoms with E-state index in [1.807, 2.05) is 80.8 Å².